The molecule has 18 heavy (non-hydrogen) atoms. The Bertz CT molecular complexity index is 493. The van der Waals surface area contributed by atoms with Crippen molar-refractivity contribution in [3.63, 3.8) is 0 Å². The highest BCUT2D eigenvalue weighted by atomic mass is 16.6. The summed E-state index contributed by atoms with van der Waals surface area (Å²) in [4.78, 5) is 17.2. The number of rotatable bonds is 6. The van der Waals surface area contributed by atoms with Crippen LogP contribution in [-0.4, -0.2) is 21.4 Å². The average molecular weight is 246 g/mol. The van der Waals surface area contributed by atoms with Gasteiger partial charge in [0.1, 0.15) is 5.82 Å². The molecule has 0 amide bonds. The molecule has 0 saturated carbocycles. The number of nitro benzene ring substituents is 1. The summed E-state index contributed by atoms with van der Waals surface area (Å²) in [6, 6.07) is 6.63. The summed E-state index contributed by atoms with van der Waals surface area (Å²) in [5.74, 6) is 0.902. The fourth-order valence-corrected chi connectivity index (χ4v) is 1.62. The fourth-order valence-electron chi connectivity index (χ4n) is 1.62. The molecular formula is C12H14N4O2. The van der Waals surface area contributed by atoms with E-state index < -0.39 is 0 Å². The molecule has 0 atom stereocenters. The molecule has 0 aliphatic rings. The van der Waals surface area contributed by atoms with E-state index in [1.807, 2.05) is 0 Å². The van der Waals surface area contributed by atoms with Crippen molar-refractivity contribution in [2.45, 2.75) is 13.0 Å². The van der Waals surface area contributed by atoms with Crippen molar-refractivity contribution >= 4 is 5.69 Å². The van der Waals surface area contributed by atoms with Crippen molar-refractivity contribution in [2.75, 3.05) is 6.54 Å². The summed E-state index contributed by atoms with van der Waals surface area (Å²) in [5.41, 5.74) is 1.20. The Balaban J connectivity index is 1.75. The van der Waals surface area contributed by atoms with E-state index in [0.29, 0.717) is 6.54 Å². The Morgan fingerprint density at radius 1 is 1.33 bits per heavy atom. The van der Waals surface area contributed by atoms with Crippen LogP contribution >= 0.6 is 0 Å². The van der Waals surface area contributed by atoms with Crippen molar-refractivity contribution in [3.8, 4) is 0 Å². The van der Waals surface area contributed by atoms with Gasteiger partial charge in [0.05, 0.1) is 11.5 Å². The smallest absolute Gasteiger partial charge is 0.269 e. The minimum Gasteiger partial charge on any atom is -0.348 e. The second kappa shape index (κ2) is 5.92. The van der Waals surface area contributed by atoms with Crippen LogP contribution in [0.4, 0.5) is 5.69 Å². The molecule has 0 unspecified atom stereocenters. The fraction of sp³-hybridized carbons (Fsp3) is 0.250. The molecule has 1 heterocycles. The highest BCUT2D eigenvalue weighted by Crippen LogP contribution is 2.11. The number of aromatic amines is 1. The lowest BCUT2D eigenvalue weighted by Crippen LogP contribution is -2.17. The summed E-state index contributed by atoms with van der Waals surface area (Å²) in [7, 11) is 0. The topological polar surface area (TPSA) is 83.8 Å². The van der Waals surface area contributed by atoms with Gasteiger partial charge in [-0.2, -0.15) is 0 Å². The number of hydrogen-bond donors (Lipinski definition) is 2. The van der Waals surface area contributed by atoms with Gasteiger partial charge >= 0.3 is 0 Å². The molecule has 2 N–H and O–H groups in total. The monoisotopic (exact) mass is 246 g/mol. The van der Waals surface area contributed by atoms with Crippen LogP contribution in [0.1, 0.15) is 11.4 Å². The molecule has 2 rings (SSSR count). The summed E-state index contributed by atoms with van der Waals surface area (Å²) in [6.45, 7) is 1.50. The second-order valence-electron chi connectivity index (χ2n) is 3.89. The lowest BCUT2D eigenvalue weighted by atomic mass is 10.1. The van der Waals surface area contributed by atoms with Gasteiger partial charge in [0.2, 0.25) is 0 Å². The van der Waals surface area contributed by atoms with Crippen LogP contribution in [0.2, 0.25) is 0 Å². The Morgan fingerprint density at radius 2 is 2.11 bits per heavy atom. The number of nitro groups is 1. The Kier molecular flexibility index (Phi) is 4.03. The number of nitrogens with one attached hydrogen (secondary N) is 2. The van der Waals surface area contributed by atoms with E-state index in [0.717, 1.165) is 24.4 Å². The molecule has 1 aromatic heterocycles. The second-order valence-corrected chi connectivity index (χ2v) is 3.89. The van der Waals surface area contributed by atoms with E-state index in [9.17, 15) is 10.1 Å². The number of nitrogens with zero attached hydrogens (tertiary/aromatic N) is 2. The van der Waals surface area contributed by atoms with Crippen LogP contribution in [0.5, 0.6) is 0 Å². The molecule has 1 aromatic carbocycles. The number of imidazole rings is 1. The van der Waals surface area contributed by atoms with Crippen molar-refractivity contribution in [3.05, 3.63) is 58.2 Å². The molecule has 94 valence electrons. The third-order valence-electron chi connectivity index (χ3n) is 2.58. The number of hydrogen-bond acceptors (Lipinski definition) is 4. The van der Waals surface area contributed by atoms with Gasteiger partial charge in [-0.15, -0.1) is 0 Å². The van der Waals surface area contributed by atoms with Gasteiger partial charge in [-0.25, -0.2) is 4.98 Å². The Morgan fingerprint density at radius 3 is 2.72 bits per heavy atom. The van der Waals surface area contributed by atoms with Gasteiger partial charge in [0.25, 0.3) is 5.69 Å². The number of H-pyrrole nitrogens is 1. The molecule has 0 aliphatic carbocycles. The summed E-state index contributed by atoms with van der Waals surface area (Å²) in [6.07, 6.45) is 4.33. The molecule has 2 aromatic rings. The van der Waals surface area contributed by atoms with Gasteiger partial charge in [-0.05, 0) is 18.5 Å². The molecule has 0 aliphatic heterocycles. The number of benzene rings is 1. The quantitative estimate of drug-likeness (QED) is 0.461. The molecule has 0 fully saturated rings. The van der Waals surface area contributed by atoms with E-state index in [-0.39, 0.29) is 10.6 Å². The Hall–Kier alpha value is -2.21. The van der Waals surface area contributed by atoms with Crippen LogP contribution in [0.3, 0.4) is 0 Å². The predicted octanol–water partition coefficient (Wildman–Crippen LogP) is 1.65. The minimum atomic E-state index is -0.390. The number of non-ortho nitro benzene ring substituents is 1. The predicted molar refractivity (Wildman–Crippen MR) is 67.1 cm³/mol. The molecule has 6 nitrogen and oxygen atoms in total. The minimum absolute atomic E-state index is 0.127. The third kappa shape index (κ3) is 3.39. The van der Waals surface area contributed by atoms with E-state index >= 15 is 0 Å². The van der Waals surface area contributed by atoms with Crippen LogP contribution in [-0.2, 0) is 13.0 Å². The van der Waals surface area contributed by atoms with Gasteiger partial charge in [-0.3, -0.25) is 10.1 Å². The number of aromatic nitrogens is 2. The SMILES string of the molecule is O=[N+]([O-])c1ccc(CCNCc2ncc[nH]2)cc1. The van der Waals surface area contributed by atoms with E-state index in [1.165, 1.54) is 12.1 Å². The average Bonchev–Trinajstić information content (AvgIpc) is 2.88. The van der Waals surface area contributed by atoms with Gasteiger partial charge in [0.15, 0.2) is 0 Å². The zero-order valence-electron chi connectivity index (χ0n) is 9.80. The maximum Gasteiger partial charge on any atom is 0.269 e. The zero-order valence-corrected chi connectivity index (χ0v) is 9.80. The summed E-state index contributed by atoms with van der Waals surface area (Å²) >= 11 is 0. The molecule has 0 saturated heterocycles. The summed E-state index contributed by atoms with van der Waals surface area (Å²) in [5, 5.41) is 13.7. The summed E-state index contributed by atoms with van der Waals surface area (Å²) < 4.78 is 0. The van der Waals surface area contributed by atoms with Crippen LogP contribution in [0, 0.1) is 10.1 Å². The van der Waals surface area contributed by atoms with Crippen LogP contribution in [0.15, 0.2) is 36.7 Å². The third-order valence-corrected chi connectivity index (χ3v) is 2.58. The van der Waals surface area contributed by atoms with Crippen molar-refractivity contribution in [1.82, 2.24) is 15.3 Å². The Labute approximate surface area is 104 Å². The van der Waals surface area contributed by atoms with Gasteiger partial charge in [0, 0.05) is 24.5 Å². The van der Waals surface area contributed by atoms with Gasteiger partial charge < -0.3 is 10.3 Å². The van der Waals surface area contributed by atoms with Crippen molar-refractivity contribution in [1.29, 1.82) is 0 Å². The lowest BCUT2D eigenvalue weighted by Gasteiger charge is -2.03. The van der Waals surface area contributed by atoms with Gasteiger partial charge in [-0.1, -0.05) is 12.1 Å². The zero-order chi connectivity index (χ0) is 12.8. The highest BCUT2D eigenvalue weighted by molar-refractivity contribution is 5.32. The lowest BCUT2D eigenvalue weighted by molar-refractivity contribution is -0.384. The first-order valence-electron chi connectivity index (χ1n) is 5.68. The van der Waals surface area contributed by atoms with Crippen molar-refractivity contribution in [2.24, 2.45) is 0 Å². The molecule has 0 spiro atoms. The maximum absolute atomic E-state index is 10.5. The standard InChI is InChI=1S/C12H14N4O2/c17-16(18)11-3-1-10(2-4-11)5-6-13-9-12-14-7-8-15-12/h1-4,7-8,13H,5-6,9H2,(H,14,15). The molecule has 6 heteroatoms. The van der Waals surface area contributed by atoms with Crippen LogP contribution in [0.25, 0.3) is 0 Å². The first kappa shape index (κ1) is 12.3. The molecule has 0 bridgehead atoms. The maximum atomic E-state index is 10.5. The van der Waals surface area contributed by atoms with Crippen molar-refractivity contribution < 1.29 is 4.92 Å². The van der Waals surface area contributed by atoms with E-state index in [2.05, 4.69) is 15.3 Å². The van der Waals surface area contributed by atoms with E-state index in [1.54, 1.807) is 24.5 Å². The first-order valence-corrected chi connectivity index (χ1v) is 5.68. The normalized spacial score (nSPS) is 10.4. The molecular weight excluding hydrogens is 232 g/mol. The van der Waals surface area contributed by atoms with Crippen LogP contribution < -0.4 is 5.32 Å². The largest absolute Gasteiger partial charge is 0.348 e. The highest BCUT2D eigenvalue weighted by Gasteiger charge is 2.03. The van der Waals surface area contributed by atoms with E-state index in [4.69, 9.17) is 0 Å². The first-order chi connectivity index (χ1) is 8.75. The molecule has 0 radical (unpaired) electrons.